The molecule has 4 aromatic rings. The van der Waals surface area contributed by atoms with Gasteiger partial charge in [0.1, 0.15) is 18.1 Å². The summed E-state index contributed by atoms with van der Waals surface area (Å²) < 4.78 is 11.3. The number of para-hydroxylation sites is 2. The van der Waals surface area contributed by atoms with E-state index in [0.29, 0.717) is 39.8 Å². The molecule has 0 bridgehead atoms. The SMILES string of the molecule is O=C(Oc1ccccc1/C=N\NC(=O)c1ccccc1OCc1ccccc1)c1ccc(Cl)cc1. The van der Waals surface area contributed by atoms with Gasteiger partial charge in [0.15, 0.2) is 0 Å². The van der Waals surface area contributed by atoms with E-state index < -0.39 is 11.9 Å². The number of ether oxygens (including phenoxy) is 2. The zero-order valence-corrected chi connectivity index (χ0v) is 19.3. The third-order valence-corrected chi connectivity index (χ3v) is 5.19. The number of benzene rings is 4. The number of hydrazone groups is 1. The van der Waals surface area contributed by atoms with Crippen LogP contribution in [0.15, 0.2) is 108 Å². The van der Waals surface area contributed by atoms with Crippen LogP contribution in [0.3, 0.4) is 0 Å². The number of hydrogen-bond donors (Lipinski definition) is 1. The molecular formula is C28H21ClN2O4. The van der Waals surface area contributed by atoms with Crippen LogP contribution in [0.2, 0.25) is 5.02 Å². The first-order chi connectivity index (χ1) is 17.1. The van der Waals surface area contributed by atoms with Crippen LogP contribution in [-0.4, -0.2) is 18.1 Å². The van der Waals surface area contributed by atoms with Crippen molar-refractivity contribution in [3.8, 4) is 11.5 Å². The first-order valence-electron chi connectivity index (χ1n) is 10.8. The van der Waals surface area contributed by atoms with E-state index in [1.165, 1.54) is 6.21 Å². The molecule has 0 aliphatic heterocycles. The highest BCUT2D eigenvalue weighted by Gasteiger charge is 2.13. The summed E-state index contributed by atoms with van der Waals surface area (Å²) in [6, 6.07) is 29.9. The molecule has 4 aromatic carbocycles. The van der Waals surface area contributed by atoms with Crippen molar-refractivity contribution in [3.63, 3.8) is 0 Å². The van der Waals surface area contributed by atoms with Crippen molar-refractivity contribution in [2.45, 2.75) is 6.61 Å². The van der Waals surface area contributed by atoms with Crippen LogP contribution in [0.1, 0.15) is 31.8 Å². The Kier molecular flexibility index (Phi) is 7.88. The van der Waals surface area contributed by atoms with E-state index in [-0.39, 0.29) is 0 Å². The molecule has 0 heterocycles. The summed E-state index contributed by atoms with van der Waals surface area (Å²) in [7, 11) is 0. The van der Waals surface area contributed by atoms with Crippen LogP contribution in [-0.2, 0) is 6.61 Å². The maximum Gasteiger partial charge on any atom is 0.343 e. The van der Waals surface area contributed by atoms with Gasteiger partial charge in [0.05, 0.1) is 17.3 Å². The second-order valence-corrected chi connectivity index (χ2v) is 7.84. The first-order valence-corrected chi connectivity index (χ1v) is 11.1. The van der Waals surface area contributed by atoms with E-state index in [1.54, 1.807) is 72.8 Å². The lowest BCUT2D eigenvalue weighted by Crippen LogP contribution is -2.19. The average Bonchev–Trinajstić information content (AvgIpc) is 2.89. The fourth-order valence-electron chi connectivity index (χ4n) is 3.16. The molecule has 0 unspecified atom stereocenters. The Balaban J connectivity index is 1.41. The Labute approximate surface area is 207 Å². The van der Waals surface area contributed by atoms with Crippen LogP contribution in [0.4, 0.5) is 0 Å². The van der Waals surface area contributed by atoms with Crippen molar-refractivity contribution in [2.24, 2.45) is 5.10 Å². The van der Waals surface area contributed by atoms with E-state index >= 15 is 0 Å². The second kappa shape index (κ2) is 11.6. The van der Waals surface area contributed by atoms with E-state index in [4.69, 9.17) is 21.1 Å². The summed E-state index contributed by atoms with van der Waals surface area (Å²) in [4.78, 5) is 25.2. The summed E-state index contributed by atoms with van der Waals surface area (Å²) >= 11 is 5.87. The molecule has 0 saturated carbocycles. The number of hydrogen-bond acceptors (Lipinski definition) is 5. The highest BCUT2D eigenvalue weighted by molar-refractivity contribution is 6.30. The van der Waals surface area contributed by atoms with E-state index in [2.05, 4.69) is 10.5 Å². The molecule has 0 aromatic heterocycles. The third-order valence-electron chi connectivity index (χ3n) is 4.94. The lowest BCUT2D eigenvalue weighted by Gasteiger charge is -2.10. The van der Waals surface area contributed by atoms with Gasteiger partial charge in [0, 0.05) is 10.6 Å². The molecule has 35 heavy (non-hydrogen) atoms. The Bertz CT molecular complexity index is 1340. The standard InChI is InChI=1S/C28H21ClN2O4/c29-23-16-14-21(15-17-23)28(33)35-25-12-6-4-10-22(25)18-30-31-27(32)24-11-5-7-13-26(24)34-19-20-8-2-1-3-9-20/h1-18H,19H2,(H,31,32)/b30-18-. The molecule has 1 amide bonds. The minimum absolute atomic E-state index is 0.303. The molecule has 0 radical (unpaired) electrons. The van der Waals surface area contributed by atoms with Crippen LogP contribution < -0.4 is 14.9 Å². The smallest absolute Gasteiger partial charge is 0.343 e. The maximum atomic E-state index is 12.7. The molecule has 0 spiro atoms. The number of halogens is 1. The fourth-order valence-corrected chi connectivity index (χ4v) is 3.29. The minimum atomic E-state index is -0.531. The predicted molar refractivity (Wildman–Crippen MR) is 135 cm³/mol. The summed E-state index contributed by atoms with van der Waals surface area (Å²) in [5.41, 5.74) is 4.72. The quantitative estimate of drug-likeness (QED) is 0.146. The summed E-state index contributed by atoms with van der Waals surface area (Å²) in [5.74, 6) is -0.213. The first kappa shape index (κ1) is 23.7. The van der Waals surface area contributed by atoms with Crippen LogP contribution in [0, 0.1) is 0 Å². The van der Waals surface area contributed by atoms with Gasteiger partial charge >= 0.3 is 5.97 Å². The summed E-state index contributed by atoms with van der Waals surface area (Å²) in [6.07, 6.45) is 1.41. The van der Waals surface area contributed by atoms with E-state index in [0.717, 1.165) is 5.56 Å². The zero-order chi connectivity index (χ0) is 24.5. The van der Waals surface area contributed by atoms with Gasteiger partial charge < -0.3 is 9.47 Å². The summed E-state index contributed by atoms with van der Waals surface area (Å²) in [5, 5.41) is 4.57. The number of rotatable bonds is 8. The molecule has 0 fully saturated rings. The maximum absolute atomic E-state index is 12.7. The van der Waals surface area contributed by atoms with E-state index in [9.17, 15) is 9.59 Å². The zero-order valence-electron chi connectivity index (χ0n) is 18.6. The molecule has 0 aliphatic carbocycles. The number of nitrogens with zero attached hydrogens (tertiary/aromatic N) is 1. The van der Waals surface area contributed by atoms with Gasteiger partial charge in [-0.25, -0.2) is 10.2 Å². The van der Waals surface area contributed by atoms with Gasteiger partial charge in [-0.2, -0.15) is 5.10 Å². The minimum Gasteiger partial charge on any atom is -0.488 e. The molecular weight excluding hydrogens is 464 g/mol. The van der Waals surface area contributed by atoms with Gasteiger partial charge in [-0.15, -0.1) is 0 Å². The van der Waals surface area contributed by atoms with Crippen molar-refractivity contribution in [1.82, 2.24) is 5.43 Å². The van der Waals surface area contributed by atoms with Gasteiger partial charge in [0.25, 0.3) is 5.91 Å². The number of esters is 1. The predicted octanol–water partition coefficient (Wildman–Crippen LogP) is 5.90. The lowest BCUT2D eigenvalue weighted by atomic mass is 10.2. The van der Waals surface area contributed by atoms with Crippen molar-refractivity contribution in [2.75, 3.05) is 0 Å². The van der Waals surface area contributed by atoms with Gasteiger partial charge in [-0.3, -0.25) is 4.79 Å². The Morgan fingerprint density at radius 1 is 0.800 bits per heavy atom. The highest BCUT2D eigenvalue weighted by atomic mass is 35.5. The molecule has 6 nitrogen and oxygen atoms in total. The number of amides is 1. The molecule has 0 saturated heterocycles. The largest absolute Gasteiger partial charge is 0.488 e. The topological polar surface area (TPSA) is 77.0 Å². The van der Waals surface area contributed by atoms with Crippen LogP contribution in [0.5, 0.6) is 11.5 Å². The van der Waals surface area contributed by atoms with Crippen molar-refractivity contribution in [3.05, 3.63) is 130 Å². The van der Waals surface area contributed by atoms with Crippen molar-refractivity contribution < 1.29 is 19.1 Å². The number of carbonyl (C=O) groups excluding carboxylic acids is 2. The molecule has 174 valence electrons. The van der Waals surface area contributed by atoms with Crippen LogP contribution in [0.25, 0.3) is 0 Å². The van der Waals surface area contributed by atoms with Crippen LogP contribution >= 0.6 is 11.6 Å². The van der Waals surface area contributed by atoms with Crippen molar-refractivity contribution in [1.29, 1.82) is 0 Å². The normalized spacial score (nSPS) is 10.7. The molecule has 0 aliphatic rings. The Morgan fingerprint density at radius 3 is 2.23 bits per heavy atom. The molecule has 7 heteroatoms. The monoisotopic (exact) mass is 484 g/mol. The fraction of sp³-hybridized carbons (Fsp3) is 0.0357. The lowest BCUT2D eigenvalue weighted by molar-refractivity contribution is 0.0734. The Hall–Kier alpha value is -4.42. The third kappa shape index (κ3) is 6.56. The van der Waals surface area contributed by atoms with Gasteiger partial charge in [-0.1, -0.05) is 66.2 Å². The highest BCUT2D eigenvalue weighted by Crippen LogP contribution is 2.20. The number of nitrogens with one attached hydrogen (secondary N) is 1. The van der Waals surface area contributed by atoms with Gasteiger partial charge in [0.2, 0.25) is 0 Å². The number of carbonyl (C=O) groups is 2. The van der Waals surface area contributed by atoms with Crippen molar-refractivity contribution >= 4 is 29.7 Å². The average molecular weight is 485 g/mol. The molecule has 0 atom stereocenters. The molecule has 4 rings (SSSR count). The van der Waals surface area contributed by atoms with E-state index in [1.807, 2.05) is 30.3 Å². The second-order valence-electron chi connectivity index (χ2n) is 7.40. The van der Waals surface area contributed by atoms with Gasteiger partial charge in [-0.05, 0) is 54.1 Å². The Morgan fingerprint density at radius 2 is 1.46 bits per heavy atom. The summed E-state index contributed by atoms with van der Waals surface area (Å²) in [6.45, 7) is 0.334. The molecule has 1 N–H and O–H groups in total.